The Morgan fingerprint density at radius 3 is 2.50 bits per heavy atom. The van der Waals surface area contributed by atoms with Crippen LogP contribution in [0.15, 0.2) is 23.9 Å². The fourth-order valence-corrected chi connectivity index (χ4v) is 4.85. The monoisotopic (exact) mass is 400 g/mol. The van der Waals surface area contributed by atoms with E-state index in [4.69, 9.17) is 0 Å². The van der Waals surface area contributed by atoms with E-state index in [0.29, 0.717) is 12.4 Å². The van der Waals surface area contributed by atoms with E-state index in [1.54, 1.807) is 12.4 Å². The lowest BCUT2D eigenvalue weighted by Gasteiger charge is -2.16. The number of anilines is 1. The van der Waals surface area contributed by atoms with Gasteiger partial charge in [-0.05, 0) is 73.8 Å². The number of carbonyl (C=O) groups is 1. The molecule has 1 aromatic heterocycles. The largest absolute Gasteiger partial charge is 0.333 e. The molecule has 0 spiro atoms. The van der Waals surface area contributed by atoms with Gasteiger partial charge in [-0.3, -0.25) is 0 Å². The van der Waals surface area contributed by atoms with E-state index >= 15 is 0 Å². The Bertz CT molecular complexity index is 1020. The molecule has 2 aliphatic rings. The Balaban J connectivity index is 1.51. The molecular weight excluding hydrogens is 376 g/mol. The van der Waals surface area contributed by atoms with Gasteiger partial charge in [0.05, 0.1) is 5.41 Å². The molecule has 2 aliphatic carbocycles. The van der Waals surface area contributed by atoms with Gasteiger partial charge in [0, 0.05) is 24.6 Å². The van der Waals surface area contributed by atoms with Gasteiger partial charge in [-0.15, -0.1) is 0 Å². The minimum atomic E-state index is -3.93. The number of hydrogen-bond acceptors (Lipinski definition) is 4. The van der Waals surface area contributed by atoms with Gasteiger partial charge in [0.15, 0.2) is 0 Å². The molecule has 0 unspecified atom stereocenters. The number of carbonyl (C=O) groups excluding carboxylic acids is 1. The fourth-order valence-electron chi connectivity index (χ4n) is 4.17. The zero-order chi connectivity index (χ0) is 19.7. The van der Waals surface area contributed by atoms with Crippen LogP contribution in [0.25, 0.3) is 6.08 Å². The van der Waals surface area contributed by atoms with Gasteiger partial charge >= 0.3 is 6.03 Å². The lowest BCUT2D eigenvalue weighted by Crippen LogP contribution is -2.33. The second kappa shape index (κ2) is 7.43. The predicted octanol–water partition coefficient (Wildman–Crippen LogP) is 3.00. The van der Waals surface area contributed by atoms with Gasteiger partial charge in [0.1, 0.15) is 5.82 Å². The molecule has 0 radical (unpaired) electrons. The van der Waals surface area contributed by atoms with Crippen molar-refractivity contribution in [2.45, 2.75) is 52.0 Å². The van der Waals surface area contributed by atoms with Crippen LogP contribution in [0.2, 0.25) is 0 Å². The quantitative estimate of drug-likeness (QED) is 0.807. The zero-order valence-corrected chi connectivity index (χ0v) is 16.7. The van der Waals surface area contributed by atoms with Crippen molar-refractivity contribution in [3.05, 3.63) is 51.9 Å². The summed E-state index contributed by atoms with van der Waals surface area (Å²) in [5.74, 6) is 0.520. The third-order valence-electron chi connectivity index (χ3n) is 5.43. The SMILES string of the molecule is CCn1ccnc1C=CS(=O)(=O)NC(=O)Nc1c2c(cc3c1CCC3)CCC2. The average Bonchev–Trinajstić information content (AvgIpc) is 3.39. The Kier molecular flexibility index (Phi) is 4.97. The van der Waals surface area contributed by atoms with Crippen molar-refractivity contribution in [3.8, 4) is 0 Å². The van der Waals surface area contributed by atoms with Crippen molar-refractivity contribution < 1.29 is 13.2 Å². The van der Waals surface area contributed by atoms with Crippen LogP contribution in [0.3, 0.4) is 0 Å². The van der Waals surface area contributed by atoms with E-state index < -0.39 is 16.1 Å². The first-order chi connectivity index (χ1) is 13.5. The summed E-state index contributed by atoms with van der Waals surface area (Å²) in [6.07, 6.45) is 10.8. The lowest BCUT2D eigenvalue weighted by molar-refractivity contribution is 0.256. The van der Waals surface area contributed by atoms with Gasteiger partial charge in [-0.1, -0.05) is 6.07 Å². The average molecular weight is 401 g/mol. The normalized spacial score (nSPS) is 15.6. The first kappa shape index (κ1) is 18.7. The summed E-state index contributed by atoms with van der Waals surface area (Å²) >= 11 is 0. The molecule has 8 heteroatoms. The van der Waals surface area contributed by atoms with E-state index in [1.807, 2.05) is 11.5 Å². The molecule has 0 saturated carbocycles. The first-order valence-corrected chi connectivity index (χ1v) is 11.2. The van der Waals surface area contributed by atoms with E-state index in [1.165, 1.54) is 17.2 Å². The number of hydrogen-bond donors (Lipinski definition) is 2. The van der Waals surface area contributed by atoms with Crippen LogP contribution in [0, 0.1) is 0 Å². The van der Waals surface area contributed by atoms with Crippen molar-refractivity contribution in [1.82, 2.24) is 14.3 Å². The van der Waals surface area contributed by atoms with Crippen LogP contribution in [0.1, 0.15) is 47.8 Å². The molecule has 2 amide bonds. The van der Waals surface area contributed by atoms with Crippen molar-refractivity contribution >= 4 is 27.8 Å². The molecule has 0 fully saturated rings. The summed E-state index contributed by atoms with van der Waals surface area (Å²) in [6, 6.07) is 1.54. The highest BCUT2D eigenvalue weighted by atomic mass is 32.2. The molecule has 2 N–H and O–H groups in total. The molecule has 0 saturated heterocycles. The number of aromatic nitrogens is 2. The predicted molar refractivity (Wildman–Crippen MR) is 109 cm³/mol. The highest BCUT2D eigenvalue weighted by Crippen LogP contribution is 2.38. The molecule has 1 heterocycles. The number of sulfonamides is 1. The lowest BCUT2D eigenvalue weighted by atomic mass is 9.99. The molecule has 0 aliphatic heterocycles. The Morgan fingerprint density at radius 2 is 1.86 bits per heavy atom. The second-order valence-electron chi connectivity index (χ2n) is 7.21. The third-order valence-corrected chi connectivity index (χ3v) is 6.40. The highest BCUT2D eigenvalue weighted by molar-refractivity contribution is 7.93. The number of amides is 2. The molecule has 0 bridgehead atoms. The first-order valence-electron chi connectivity index (χ1n) is 9.66. The zero-order valence-electron chi connectivity index (χ0n) is 15.9. The number of rotatable bonds is 5. The van der Waals surface area contributed by atoms with Crippen molar-refractivity contribution in [2.24, 2.45) is 0 Å². The molecule has 4 rings (SSSR count). The maximum Gasteiger partial charge on any atom is 0.333 e. The number of imidazole rings is 1. The van der Waals surface area contributed by atoms with Crippen LogP contribution in [0.4, 0.5) is 10.5 Å². The van der Waals surface area contributed by atoms with E-state index in [2.05, 4.69) is 21.1 Å². The van der Waals surface area contributed by atoms with Crippen LogP contribution >= 0.6 is 0 Å². The van der Waals surface area contributed by atoms with E-state index in [0.717, 1.165) is 60.7 Å². The Labute approximate surface area is 164 Å². The maximum atomic E-state index is 12.5. The van der Waals surface area contributed by atoms with Gasteiger partial charge in [0.25, 0.3) is 10.0 Å². The standard InChI is InChI=1S/C20H24N4O3S/c1-2-24-11-10-21-18(24)9-12-28(26,27)23-20(25)22-19-16-7-3-5-14(16)13-15-6-4-8-17(15)19/h9-13H,2-8H2,1H3,(H2,22,23,25). The van der Waals surface area contributed by atoms with Crippen molar-refractivity contribution in [1.29, 1.82) is 0 Å². The number of nitrogens with zero attached hydrogens (tertiary/aromatic N) is 2. The molecule has 28 heavy (non-hydrogen) atoms. The number of fused-ring (bicyclic) bond motifs is 2. The number of urea groups is 1. The van der Waals surface area contributed by atoms with E-state index in [-0.39, 0.29) is 0 Å². The molecule has 2 aromatic rings. The minimum Gasteiger partial charge on any atom is -0.332 e. The smallest absolute Gasteiger partial charge is 0.332 e. The topological polar surface area (TPSA) is 93.1 Å². The molecule has 0 atom stereocenters. The third kappa shape index (κ3) is 3.69. The summed E-state index contributed by atoms with van der Waals surface area (Å²) in [6.45, 7) is 2.62. The molecule has 148 valence electrons. The van der Waals surface area contributed by atoms with Gasteiger partial charge in [-0.25, -0.2) is 22.9 Å². The molecule has 7 nitrogen and oxygen atoms in total. The fraction of sp³-hybridized carbons (Fsp3) is 0.400. The summed E-state index contributed by atoms with van der Waals surface area (Å²) in [7, 11) is -3.93. The van der Waals surface area contributed by atoms with Crippen LogP contribution in [-0.2, 0) is 42.3 Å². The van der Waals surface area contributed by atoms with Crippen LogP contribution in [0.5, 0.6) is 0 Å². The van der Waals surface area contributed by atoms with Crippen LogP contribution < -0.4 is 10.0 Å². The number of benzene rings is 1. The second-order valence-corrected chi connectivity index (χ2v) is 8.78. The summed E-state index contributed by atoms with van der Waals surface area (Å²) < 4.78 is 28.5. The van der Waals surface area contributed by atoms with Crippen molar-refractivity contribution in [2.75, 3.05) is 5.32 Å². The van der Waals surface area contributed by atoms with Gasteiger partial charge in [-0.2, -0.15) is 0 Å². The summed E-state index contributed by atoms with van der Waals surface area (Å²) in [4.78, 5) is 16.6. The summed E-state index contributed by atoms with van der Waals surface area (Å²) in [5.41, 5.74) is 5.71. The summed E-state index contributed by atoms with van der Waals surface area (Å²) in [5, 5.41) is 3.80. The minimum absolute atomic E-state index is 0.520. The Hall–Kier alpha value is -2.61. The number of aryl methyl sites for hydroxylation is 3. The Morgan fingerprint density at radius 1 is 1.18 bits per heavy atom. The van der Waals surface area contributed by atoms with Crippen LogP contribution in [-0.4, -0.2) is 24.0 Å². The van der Waals surface area contributed by atoms with Gasteiger partial charge < -0.3 is 9.88 Å². The molecule has 1 aromatic carbocycles. The number of nitrogens with one attached hydrogen (secondary N) is 2. The van der Waals surface area contributed by atoms with Gasteiger partial charge in [0.2, 0.25) is 0 Å². The molecular formula is C20H24N4O3S. The maximum absolute atomic E-state index is 12.5. The highest BCUT2D eigenvalue weighted by Gasteiger charge is 2.25. The van der Waals surface area contributed by atoms with Crippen molar-refractivity contribution in [3.63, 3.8) is 0 Å². The van der Waals surface area contributed by atoms with E-state index in [9.17, 15) is 13.2 Å².